The van der Waals surface area contributed by atoms with Crippen LogP contribution < -0.4 is 0 Å². The van der Waals surface area contributed by atoms with Crippen LogP contribution in [0.15, 0.2) is 0 Å². The smallest absolute Gasteiger partial charge is 0.237 e. The molecule has 1 fully saturated rings. The van der Waals surface area contributed by atoms with Crippen LogP contribution in [-0.4, -0.2) is 61.6 Å². The quantitative estimate of drug-likeness (QED) is 0.637. The van der Waals surface area contributed by atoms with Crippen molar-refractivity contribution in [2.45, 2.75) is 51.3 Å². The highest BCUT2D eigenvalue weighted by Gasteiger charge is 2.38. The van der Waals surface area contributed by atoms with Crippen LogP contribution in [0.5, 0.6) is 0 Å². The molecule has 0 aromatic rings. The Morgan fingerprint density at radius 3 is 2.45 bits per heavy atom. The van der Waals surface area contributed by atoms with Crippen LogP contribution in [0.1, 0.15) is 40.0 Å². The van der Waals surface area contributed by atoms with Crippen LogP contribution in [0.25, 0.3) is 0 Å². The molecule has 20 heavy (non-hydrogen) atoms. The van der Waals surface area contributed by atoms with E-state index in [2.05, 4.69) is 18.7 Å². The van der Waals surface area contributed by atoms with E-state index in [0.29, 0.717) is 0 Å². The van der Waals surface area contributed by atoms with E-state index < -0.39 is 14.3 Å². The topological polar surface area (TPSA) is 57.7 Å². The van der Waals surface area contributed by atoms with Gasteiger partial charge in [0.25, 0.3) is 0 Å². The van der Waals surface area contributed by atoms with Crippen LogP contribution in [0, 0.1) is 0 Å². The van der Waals surface area contributed by atoms with Crippen molar-refractivity contribution in [2.24, 2.45) is 0 Å². The van der Waals surface area contributed by atoms with Gasteiger partial charge in [0, 0.05) is 29.7 Å². The first kappa shape index (κ1) is 17.7. The molecule has 0 radical (unpaired) electrons. The fourth-order valence-corrected chi connectivity index (χ4v) is 3.66. The molecule has 0 bridgehead atoms. The zero-order valence-corrected chi connectivity index (χ0v) is 14.1. The van der Waals surface area contributed by atoms with E-state index in [1.54, 1.807) is 4.90 Å². The summed E-state index contributed by atoms with van der Waals surface area (Å²) in [4.78, 5) is 15.9. The van der Waals surface area contributed by atoms with Gasteiger partial charge in [-0.25, -0.2) is 8.42 Å². The van der Waals surface area contributed by atoms with Crippen molar-refractivity contribution in [3.8, 4) is 0 Å². The predicted octanol–water partition coefficient (Wildman–Crippen LogP) is 1.67. The maximum Gasteiger partial charge on any atom is 0.237 e. The van der Waals surface area contributed by atoms with E-state index in [9.17, 15) is 13.2 Å². The van der Waals surface area contributed by atoms with E-state index in [-0.39, 0.29) is 24.9 Å². The van der Waals surface area contributed by atoms with Crippen molar-refractivity contribution in [2.75, 3.05) is 26.2 Å². The molecular formula is C13H25ClN2O3S. The number of nitrogens with zero attached hydrogens (tertiary/aromatic N) is 2. The molecule has 1 amide bonds. The average Bonchev–Trinajstić information content (AvgIpc) is 2.76. The van der Waals surface area contributed by atoms with Gasteiger partial charge in [0.15, 0.2) is 0 Å². The number of rotatable bonds is 8. The van der Waals surface area contributed by atoms with Gasteiger partial charge in [-0.2, -0.15) is 0 Å². The molecule has 2 atom stereocenters. The number of carbonyl (C=O) groups excluding carboxylic acids is 1. The van der Waals surface area contributed by atoms with E-state index in [1.165, 1.54) is 0 Å². The van der Waals surface area contributed by atoms with Crippen molar-refractivity contribution in [1.29, 1.82) is 0 Å². The van der Waals surface area contributed by atoms with E-state index >= 15 is 0 Å². The number of carbonyl (C=O) groups is 1. The lowest BCUT2D eigenvalue weighted by molar-refractivity contribution is -0.129. The fourth-order valence-electron chi connectivity index (χ4n) is 2.62. The molecule has 1 rings (SSSR count). The molecule has 7 heteroatoms. The zero-order valence-electron chi connectivity index (χ0n) is 12.5. The minimum Gasteiger partial charge on any atom is -0.339 e. The summed E-state index contributed by atoms with van der Waals surface area (Å²) in [5, 5.41) is -0.748. The second-order valence-corrected chi connectivity index (χ2v) is 8.27. The second kappa shape index (κ2) is 7.61. The van der Waals surface area contributed by atoms with Gasteiger partial charge in [0.2, 0.25) is 15.0 Å². The first-order valence-electron chi connectivity index (χ1n) is 7.24. The molecule has 5 nitrogen and oxygen atoms in total. The van der Waals surface area contributed by atoms with E-state index in [1.807, 2.05) is 6.92 Å². The maximum atomic E-state index is 11.9. The Labute approximate surface area is 126 Å². The third-order valence-corrected chi connectivity index (χ3v) is 5.91. The Balaban J connectivity index is 2.44. The monoisotopic (exact) mass is 324 g/mol. The van der Waals surface area contributed by atoms with Gasteiger partial charge in [-0.05, 0) is 39.4 Å². The summed E-state index contributed by atoms with van der Waals surface area (Å²) in [6.07, 6.45) is 1.91. The molecule has 1 aliphatic rings. The van der Waals surface area contributed by atoms with Crippen molar-refractivity contribution < 1.29 is 13.2 Å². The van der Waals surface area contributed by atoms with Crippen molar-refractivity contribution in [3.05, 3.63) is 0 Å². The zero-order chi connectivity index (χ0) is 15.3. The highest BCUT2D eigenvalue weighted by atomic mass is 35.7. The summed E-state index contributed by atoms with van der Waals surface area (Å²) in [6, 6.07) is 0.0708. The predicted molar refractivity (Wildman–Crippen MR) is 81.4 cm³/mol. The highest BCUT2D eigenvalue weighted by Crippen LogP contribution is 2.24. The largest absolute Gasteiger partial charge is 0.339 e. The molecule has 0 N–H and O–H groups in total. The van der Waals surface area contributed by atoms with Gasteiger partial charge in [-0.15, -0.1) is 0 Å². The summed E-state index contributed by atoms with van der Waals surface area (Å²) in [5.41, 5.74) is 0. The molecule has 0 spiro atoms. The SMILES string of the molecule is CCN(CC)CCCC(C)N1CC(S(=O)(=O)Cl)CC1=O. The number of hydrogen-bond donors (Lipinski definition) is 0. The van der Waals surface area contributed by atoms with Gasteiger partial charge < -0.3 is 9.80 Å². The molecule has 1 heterocycles. The van der Waals surface area contributed by atoms with Crippen LogP contribution >= 0.6 is 10.7 Å². The molecule has 0 aromatic carbocycles. The molecule has 1 saturated heterocycles. The van der Waals surface area contributed by atoms with Crippen LogP contribution in [0.2, 0.25) is 0 Å². The Kier molecular flexibility index (Phi) is 6.75. The van der Waals surface area contributed by atoms with Gasteiger partial charge in [-0.3, -0.25) is 4.79 Å². The summed E-state index contributed by atoms with van der Waals surface area (Å²) in [6.45, 7) is 9.54. The van der Waals surface area contributed by atoms with Crippen LogP contribution in [-0.2, 0) is 13.8 Å². The van der Waals surface area contributed by atoms with Crippen LogP contribution in [0.4, 0.5) is 0 Å². The van der Waals surface area contributed by atoms with Crippen molar-refractivity contribution >= 4 is 25.6 Å². The minimum atomic E-state index is -3.64. The Morgan fingerprint density at radius 2 is 2.00 bits per heavy atom. The molecular weight excluding hydrogens is 300 g/mol. The molecule has 1 aliphatic heterocycles. The minimum absolute atomic E-state index is 0.0201. The standard InChI is InChI=1S/C13H25ClN2O3S/c1-4-15(5-2)8-6-7-11(3)16-10-12(9-13(16)17)20(14,18)19/h11-12H,4-10H2,1-3H3. The second-order valence-electron chi connectivity index (χ2n) is 5.37. The summed E-state index contributed by atoms with van der Waals surface area (Å²) >= 11 is 0. The Hall–Kier alpha value is -0.330. The summed E-state index contributed by atoms with van der Waals surface area (Å²) < 4.78 is 22.6. The molecule has 2 unspecified atom stereocenters. The Bertz CT molecular complexity index is 423. The maximum absolute atomic E-state index is 11.9. The van der Waals surface area contributed by atoms with Gasteiger partial charge in [0.05, 0.1) is 0 Å². The lowest BCUT2D eigenvalue weighted by Crippen LogP contribution is -2.36. The summed E-state index contributed by atoms with van der Waals surface area (Å²) in [7, 11) is 1.70. The first-order chi connectivity index (χ1) is 9.29. The third kappa shape index (κ3) is 4.90. The summed E-state index contributed by atoms with van der Waals surface area (Å²) in [5.74, 6) is -0.102. The molecule has 0 aromatic heterocycles. The number of amides is 1. The normalized spacial score (nSPS) is 21.8. The number of halogens is 1. The first-order valence-corrected chi connectivity index (χ1v) is 9.62. The van der Waals surface area contributed by atoms with Crippen molar-refractivity contribution in [3.63, 3.8) is 0 Å². The lowest BCUT2D eigenvalue weighted by Gasteiger charge is -2.26. The molecule has 0 saturated carbocycles. The number of likely N-dealkylation sites (tertiary alicyclic amines) is 1. The highest BCUT2D eigenvalue weighted by molar-refractivity contribution is 8.14. The third-order valence-electron chi connectivity index (χ3n) is 4.04. The van der Waals surface area contributed by atoms with Crippen molar-refractivity contribution in [1.82, 2.24) is 9.80 Å². The molecule has 0 aliphatic carbocycles. The van der Waals surface area contributed by atoms with E-state index in [0.717, 1.165) is 32.5 Å². The fraction of sp³-hybridized carbons (Fsp3) is 0.923. The number of hydrogen-bond acceptors (Lipinski definition) is 4. The van der Waals surface area contributed by atoms with E-state index in [4.69, 9.17) is 10.7 Å². The van der Waals surface area contributed by atoms with Gasteiger partial charge in [0.1, 0.15) is 5.25 Å². The van der Waals surface area contributed by atoms with Gasteiger partial charge in [-0.1, -0.05) is 13.8 Å². The van der Waals surface area contributed by atoms with Gasteiger partial charge >= 0.3 is 0 Å². The Morgan fingerprint density at radius 1 is 1.40 bits per heavy atom. The average molecular weight is 325 g/mol. The van der Waals surface area contributed by atoms with Crippen LogP contribution in [0.3, 0.4) is 0 Å². The molecule has 118 valence electrons. The lowest BCUT2D eigenvalue weighted by atomic mass is 10.1.